The number of aromatic nitrogens is 1. The van der Waals surface area contributed by atoms with Crippen LogP contribution in [0, 0.1) is 11.8 Å². The first-order valence-corrected chi connectivity index (χ1v) is 9.60. The number of hydrogen-bond donors (Lipinski definition) is 2. The van der Waals surface area contributed by atoms with Gasteiger partial charge in [0.2, 0.25) is 0 Å². The van der Waals surface area contributed by atoms with E-state index in [2.05, 4.69) is 48.4 Å². The smallest absolute Gasteiger partial charge is 0.256 e. The summed E-state index contributed by atoms with van der Waals surface area (Å²) in [5, 5.41) is 13.8. The second kappa shape index (κ2) is 8.72. The number of pyridine rings is 1. The molecule has 1 saturated carbocycles. The highest BCUT2D eigenvalue weighted by Crippen LogP contribution is 2.32. The maximum Gasteiger partial charge on any atom is 0.256 e. The fourth-order valence-corrected chi connectivity index (χ4v) is 3.90. The molecule has 2 N–H and O–H groups in total. The molecule has 0 aliphatic heterocycles. The zero-order valence-electron chi connectivity index (χ0n) is 16.6. The van der Waals surface area contributed by atoms with Gasteiger partial charge in [-0.2, -0.15) is 0 Å². The number of benzene rings is 1. The van der Waals surface area contributed by atoms with E-state index in [1.54, 1.807) is 20.4 Å². The van der Waals surface area contributed by atoms with Gasteiger partial charge in [0.25, 0.3) is 5.88 Å². The van der Waals surface area contributed by atoms with Crippen LogP contribution in [0.3, 0.4) is 0 Å². The van der Waals surface area contributed by atoms with Crippen LogP contribution in [-0.2, 0) is 6.54 Å². The minimum absolute atomic E-state index is 0.178. The van der Waals surface area contributed by atoms with Crippen LogP contribution in [0.5, 0.6) is 11.6 Å². The first kappa shape index (κ1) is 19.6. The summed E-state index contributed by atoms with van der Waals surface area (Å²) in [7, 11) is 3.20. The van der Waals surface area contributed by atoms with Gasteiger partial charge in [-0.05, 0) is 41.9 Å². The summed E-state index contributed by atoms with van der Waals surface area (Å²) in [6, 6.07) is 10.8. The second-order valence-electron chi connectivity index (χ2n) is 7.66. The SMILES string of the molecule is COc1cc(-c2ccc(CNC3CC(O)C(C(C)C)C3)cc2)cnc1OC. The summed E-state index contributed by atoms with van der Waals surface area (Å²) in [4.78, 5) is 4.30. The van der Waals surface area contributed by atoms with Crippen LogP contribution in [0.15, 0.2) is 36.5 Å². The van der Waals surface area contributed by atoms with Gasteiger partial charge in [-0.25, -0.2) is 4.98 Å². The Morgan fingerprint density at radius 1 is 1.11 bits per heavy atom. The zero-order chi connectivity index (χ0) is 19.4. The lowest BCUT2D eigenvalue weighted by Gasteiger charge is -2.18. The van der Waals surface area contributed by atoms with Gasteiger partial charge in [0.05, 0.1) is 20.3 Å². The van der Waals surface area contributed by atoms with Gasteiger partial charge in [-0.1, -0.05) is 38.1 Å². The fourth-order valence-electron chi connectivity index (χ4n) is 3.90. The molecule has 0 saturated heterocycles. The molecule has 1 aromatic carbocycles. The van der Waals surface area contributed by atoms with E-state index in [0.717, 1.165) is 30.5 Å². The van der Waals surface area contributed by atoms with Crippen molar-refractivity contribution in [2.75, 3.05) is 14.2 Å². The van der Waals surface area contributed by atoms with Crippen molar-refractivity contribution in [3.63, 3.8) is 0 Å². The van der Waals surface area contributed by atoms with Crippen molar-refractivity contribution in [2.24, 2.45) is 11.8 Å². The van der Waals surface area contributed by atoms with Crippen molar-refractivity contribution < 1.29 is 14.6 Å². The lowest BCUT2D eigenvalue weighted by atomic mass is 9.92. The molecule has 2 aromatic rings. The fraction of sp³-hybridized carbons (Fsp3) is 0.500. The van der Waals surface area contributed by atoms with Crippen LogP contribution >= 0.6 is 0 Å². The molecule has 1 aliphatic rings. The molecule has 5 nitrogen and oxygen atoms in total. The molecule has 146 valence electrons. The Hall–Kier alpha value is -2.11. The van der Waals surface area contributed by atoms with Crippen LogP contribution in [0.4, 0.5) is 0 Å². The van der Waals surface area contributed by atoms with Gasteiger partial charge in [0.1, 0.15) is 0 Å². The number of rotatable bonds is 7. The molecule has 3 rings (SSSR count). The maximum absolute atomic E-state index is 10.2. The third-order valence-electron chi connectivity index (χ3n) is 5.55. The number of aliphatic hydroxyl groups is 1. The van der Waals surface area contributed by atoms with E-state index in [1.807, 2.05) is 6.07 Å². The third kappa shape index (κ3) is 4.60. The van der Waals surface area contributed by atoms with Crippen LogP contribution < -0.4 is 14.8 Å². The largest absolute Gasteiger partial charge is 0.491 e. The summed E-state index contributed by atoms with van der Waals surface area (Å²) >= 11 is 0. The lowest BCUT2D eigenvalue weighted by Crippen LogP contribution is -2.26. The summed E-state index contributed by atoms with van der Waals surface area (Å²) in [6.45, 7) is 5.20. The van der Waals surface area contributed by atoms with Gasteiger partial charge < -0.3 is 19.9 Å². The summed E-state index contributed by atoms with van der Waals surface area (Å²) in [5.74, 6) is 2.05. The normalized spacial score (nSPS) is 22.2. The highest BCUT2D eigenvalue weighted by Gasteiger charge is 2.34. The molecule has 0 bridgehead atoms. The highest BCUT2D eigenvalue weighted by atomic mass is 16.5. The molecule has 1 fully saturated rings. The van der Waals surface area contributed by atoms with Gasteiger partial charge in [-0.15, -0.1) is 0 Å². The topological polar surface area (TPSA) is 63.6 Å². The monoisotopic (exact) mass is 370 g/mol. The highest BCUT2D eigenvalue weighted by molar-refractivity contribution is 5.65. The maximum atomic E-state index is 10.2. The third-order valence-corrected chi connectivity index (χ3v) is 5.55. The molecule has 1 heterocycles. The van der Waals surface area contributed by atoms with Crippen LogP contribution in [0.2, 0.25) is 0 Å². The van der Waals surface area contributed by atoms with Crippen molar-refractivity contribution >= 4 is 0 Å². The van der Waals surface area contributed by atoms with Crippen LogP contribution in [0.25, 0.3) is 11.1 Å². The van der Waals surface area contributed by atoms with E-state index in [1.165, 1.54) is 5.56 Å². The molecule has 0 radical (unpaired) electrons. The number of hydrogen-bond acceptors (Lipinski definition) is 5. The molecule has 1 aliphatic carbocycles. The van der Waals surface area contributed by atoms with Crippen LogP contribution in [-0.4, -0.2) is 36.5 Å². The molecule has 1 aromatic heterocycles. The van der Waals surface area contributed by atoms with Crippen LogP contribution in [0.1, 0.15) is 32.3 Å². The predicted octanol–water partition coefficient (Wildman–Crippen LogP) is 3.65. The summed E-state index contributed by atoms with van der Waals surface area (Å²) < 4.78 is 10.5. The second-order valence-corrected chi connectivity index (χ2v) is 7.66. The van der Waals surface area contributed by atoms with Crippen molar-refractivity contribution in [3.05, 3.63) is 42.1 Å². The molecule has 5 heteroatoms. The number of aliphatic hydroxyl groups excluding tert-OH is 1. The van der Waals surface area contributed by atoms with Crippen molar-refractivity contribution in [1.82, 2.24) is 10.3 Å². The Morgan fingerprint density at radius 2 is 1.85 bits per heavy atom. The molecule has 0 amide bonds. The Balaban J connectivity index is 1.61. The van der Waals surface area contributed by atoms with E-state index in [9.17, 15) is 5.11 Å². The average molecular weight is 370 g/mol. The Bertz CT molecular complexity index is 746. The Morgan fingerprint density at radius 3 is 2.44 bits per heavy atom. The van der Waals surface area contributed by atoms with E-state index in [-0.39, 0.29) is 6.10 Å². The number of methoxy groups -OCH3 is 2. The molecule has 3 atom stereocenters. The number of nitrogens with zero attached hydrogens (tertiary/aromatic N) is 1. The number of nitrogens with one attached hydrogen (secondary N) is 1. The van der Waals surface area contributed by atoms with Gasteiger partial charge in [-0.3, -0.25) is 0 Å². The minimum atomic E-state index is -0.178. The Kier molecular flexibility index (Phi) is 6.34. The van der Waals surface area contributed by atoms with E-state index >= 15 is 0 Å². The molecule has 27 heavy (non-hydrogen) atoms. The number of ether oxygens (including phenoxy) is 2. The van der Waals surface area contributed by atoms with Crippen molar-refractivity contribution in [1.29, 1.82) is 0 Å². The van der Waals surface area contributed by atoms with Crippen molar-refractivity contribution in [3.8, 4) is 22.8 Å². The lowest BCUT2D eigenvalue weighted by molar-refractivity contribution is 0.107. The van der Waals surface area contributed by atoms with Gasteiger partial charge >= 0.3 is 0 Å². The summed E-state index contributed by atoms with van der Waals surface area (Å²) in [5.41, 5.74) is 3.31. The standard InChI is InChI=1S/C22H30N2O3/c1-14(2)19-10-18(11-20(19)25)23-12-15-5-7-16(8-6-15)17-9-21(26-3)22(27-4)24-13-17/h5-9,13-14,18-20,23,25H,10-12H2,1-4H3. The molecular weight excluding hydrogens is 340 g/mol. The van der Waals surface area contributed by atoms with E-state index in [0.29, 0.717) is 29.5 Å². The predicted molar refractivity (Wildman–Crippen MR) is 107 cm³/mol. The molecule has 0 spiro atoms. The summed E-state index contributed by atoms with van der Waals surface area (Å²) in [6.07, 6.45) is 3.51. The average Bonchev–Trinajstić information content (AvgIpc) is 3.07. The Labute approximate surface area is 161 Å². The first-order chi connectivity index (χ1) is 13.0. The quantitative estimate of drug-likeness (QED) is 0.779. The van der Waals surface area contributed by atoms with Gasteiger partial charge in [0, 0.05) is 24.3 Å². The molecular formula is C22H30N2O3. The van der Waals surface area contributed by atoms with E-state index in [4.69, 9.17) is 9.47 Å². The minimum Gasteiger partial charge on any atom is -0.491 e. The molecule has 3 unspecified atom stereocenters. The van der Waals surface area contributed by atoms with Gasteiger partial charge in [0.15, 0.2) is 5.75 Å². The zero-order valence-corrected chi connectivity index (χ0v) is 16.6. The van der Waals surface area contributed by atoms with Crippen molar-refractivity contribution in [2.45, 2.75) is 45.4 Å². The van der Waals surface area contributed by atoms with E-state index < -0.39 is 0 Å². The first-order valence-electron chi connectivity index (χ1n) is 9.60.